The number of benzene rings is 3. The number of aromatic hydroxyl groups is 1. The fourth-order valence-electron chi connectivity index (χ4n) is 3.73. The molecule has 7 nitrogen and oxygen atoms in total. The number of hydrogen-bond acceptors (Lipinski definition) is 6. The molecule has 226 valence electrons. The summed E-state index contributed by atoms with van der Waals surface area (Å²) in [5.41, 5.74) is -5.23. The lowest BCUT2D eigenvalue weighted by atomic mass is 10.0. The highest BCUT2D eigenvalue weighted by Crippen LogP contribution is 2.38. The predicted octanol–water partition coefficient (Wildman–Crippen LogP) is 7.25. The van der Waals surface area contributed by atoms with Crippen LogP contribution in [0.15, 0.2) is 64.4 Å². The smallest absolute Gasteiger partial charge is 0.416 e. The first-order valence-corrected chi connectivity index (χ1v) is 14.9. The second kappa shape index (κ2) is 12.4. The normalized spacial score (nSPS) is 13.0. The highest BCUT2D eigenvalue weighted by Gasteiger charge is 2.38. The van der Waals surface area contributed by atoms with E-state index in [9.17, 15) is 49.5 Å². The van der Waals surface area contributed by atoms with Gasteiger partial charge in [0.1, 0.15) is 11.0 Å². The zero-order chi connectivity index (χ0) is 31.6. The van der Waals surface area contributed by atoms with Gasteiger partial charge in [0.25, 0.3) is 5.91 Å². The molecule has 3 N–H and O–H groups in total. The highest BCUT2D eigenvalue weighted by atomic mass is 35.5. The minimum Gasteiger partial charge on any atom is -0.506 e. The van der Waals surface area contributed by atoms with Crippen molar-refractivity contribution in [2.24, 2.45) is 0 Å². The van der Waals surface area contributed by atoms with E-state index in [2.05, 4.69) is 5.32 Å². The number of hydrogen-bond donors (Lipinski definition) is 3. The molecule has 0 fully saturated rings. The number of alkyl halides is 6. The van der Waals surface area contributed by atoms with Crippen molar-refractivity contribution in [3.63, 3.8) is 0 Å². The van der Waals surface area contributed by atoms with Gasteiger partial charge in [0.15, 0.2) is 9.84 Å². The molecule has 0 radical (unpaired) electrons. The van der Waals surface area contributed by atoms with Crippen molar-refractivity contribution >= 4 is 56.4 Å². The third kappa shape index (κ3) is 7.50. The van der Waals surface area contributed by atoms with E-state index in [1.807, 2.05) is 5.32 Å². The summed E-state index contributed by atoms with van der Waals surface area (Å²) < 4.78 is 105. The minimum atomic E-state index is -5.19. The van der Waals surface area contributed by atoms with Crippen LogP contribution in [0.1, 0.15) is 34.8 Å². The third-order valence-corrected chi connectivity index (χ3v) is 9.15. The van der Waals surface area contributed by atoms with E-state index in [4.69, 9.17) is 11.6 Å². The van der Waals surface area contributed by atoms with Crippen LogP contribution >= 0.6 is 23.4 Å². The molecule has 3 rings (SSSR count). The number of anilines is 2. The van der Waals surface area contributed by atoms with Crippen molar-refractivity contribution in [1.82, 2.24) is 0 Å². The van der Waals surface area contributed by atoms with Gasteiger partial charge in [-0.05, 0) is 61.2 Å². The number of sulfone groups is 1. The third-order valence-electron chi connectivity index (χ3n) is 5.87. The molecule has 0 aliphatic rings. The summed E-state index contributed by atoms with van der Waals surface area (Å²) in [7, 11) is -4.15. The van der Waals surface area contributed by atoms with Gasteiger partial charge in [0, 0.05) is 16.5 Å². The van der Waals surface area contributed by atoms with Crippen LogP contribution in [0.25, 0.3) is 0 Å². The molecule has 3 aromatic rings. The molecule has 0 heterocycles. The van der Waals surface area contributed by atoms with Crippen LogP contribution in [0.4, 0.5) is 37.7 Å². The Balaban J connectivity index is 1.86. The van der Waals surface area contributed by atoms with Crippen LogP contribution in [-0.2, 0) is 27.0 Å². The fraction of sp³-hybridized carbons (Fsp3) is 0.231. The molecule has 1 atom stereocenters. The molecule has 16 heteroatoms. The Morgan fingerprint density at radius 3 is 1.93 bits per heavy atom. The summed E-state index contributed by atoms with van der Waals surface area (Å²) in [5, 5.41) is 12.7. The van der Waals surface area contributed by atoms with Crippen molar-refractivity contribution in [2.45, 2.75) is 40.7 Å². The number of thioether (sulfide) groups is 1. The molecule has 1 unspecified atom stereocenters. The second-order valence-electron chi connectivity index (χ2n) is 8.70. The lowest BCUT2D eigenvalue weighted by Crippen LogP contribution is -2.34. The van der Waals surface area contributed by atoms with Gasteiger partial charge >= 0.3 is 12.4 Å². The summed E-state index contributed by atoms with van der Waals surface area (Å²) in [6.45, 7) is 1.47. The number of rotatable bonds is 8. The molecular formula is C26H21ClF6N2O5S2. The van der Waals surface area contributed by atoms with E-state index in [0.717, 1.165) is 17.0 Å². The number of halogens is 7. The molecule has 0 aliphatic heterocycles. The SMILES string of the molecule is CCC(C(=O)Nc1cc(O)c(NC(=O)c2cc(C(F)(F)F)cc(C(F)(F)F)c2)cc1Cl)S(=O)(=O)c1ccc(SC)cc1. The Morgan fingerprint density at radius 2 is 1.45 bits per heavy atom. The maximum Gasteiger partial charge on any atom is 0.416 e. The number of amides is 2. The number of nitrogens with one attached hydrogen (secondary N) is 2. The van der Waals surface area contributed by atoms with Crippen LogP contribution in [0, 0.1) is 0 Å². The van der Waals surface area contributed by atoms with Gasteiger partial charge < -0.3 is 15.7 Å². The number of carbonyl (C=O) groups excluding carboxylic acids is 2. The summed E-state index contributed by atoms with van der Waals surface area (Å²) in [6.07, 6.45) is -8.71. The van der Waals surface area contributed by atoms with Crippen LogP contribution in [0.5, 0.6) is 5.75 Å². The van der Waals surface area contributed by atoms with E-state index < -0.39 is 67.4 Å². The zero-order valence-electron chi connectivity index (χ0n) is 21.5. The standard InChI is InChI=1S/C26H21ClF6N2O5S2/c1-3-22(42(39,40)17-6-4-16(41-2)5-7-17)24(38)34-19-12-21(36)20(11-18(19)27)35-23(37)13-8-14(25(28,29)30)10-15(9-13)26(31,32)33/h4-12,22,36H,3H2,1-2H3,(H,34,38)(H,35,37). The molecular weight excluding hydrogens is 634 g/mol. The van der Waals surface area contributed by atoms with Gasteiger partial charge in [-0.3, -0.25) is 9.59 Å². The van der Waals surface area contributed by atoms with E-state index >= 15 is 0 Å². The molecule has 42 heavy (non-hydrogen) atoms. The van der Waals surface area contributed by atoms with Gasteiger partial charge in [-0.2, -0.15) is 26.3 Å². The maximum absolute atomic E-state index is 13.1. The first-order valence-electron chi connectivity index (χ1n) is 11.7. The predicted molar refractivity (Wildman–Crippen MR) is 146 cm³/mol. The molecule has 3 aromatic carbocycles. The van der Waals surface area contributed by atoms with Crippen LogP contribution < -0.4 is 10.6 Å². The van der Waals surface area contributed by atoms with E-state index in [1.165, 1.54) is 30.8 Å². The highest BCUT2D eigenvalue weighted by molar-refractivity contribution is 7.98. The van der Waals surface area contributed by atoms with Crippen molar-refractivity contribution in [3.05, 3.63) is 76.3 Å². The number of phenolic OH excluding ortho intramolecular Hbond substituents is 1. The number of phenols is 1. The molecule has 0 aromatic heterocycles. The largest absolute Gasteiger partial charge is 0.506 e. The molecule has 0 bridgehead atoms. The monoisotopic (exact) mass is 654 g/mol. The summed E-state index contributed by atoms with van der Waals surface area (Å²) >= 11 is 7.52. The summed E-state index contributed by atoms with van der Waals surface area (Å²) in [5.74, 6) is -3.21. The van der Waals surface area contributed by atoms with Crippen molar-refractivity contribution in [3.8, 4) is 5.75 Å². The maximum atomic E-state index is 13.1. The Kier molecular flexibility index (Phi) is 9.79. The molecule has 0 spiro atoms. The van der Waals surface area contributed by atoms with Crippen molar-refractivity contribution in [1.29, 1.82) is 0 Å². The summed E-state index contributed by atoms with van der Waals surface area (Å²) in [4.78, 5) is 26.2. The van der Waals surface area contributed by atoms with E-state index in [0.29, 0.717) is 0 Å². The fourth-order valence-corrected chi connectivity index (χ4v) is 5.97. The zero-order valence-corrected chi connectivity index (χ0v) is 23.9. The topological polar surface area (TPSA) is 113 Å². The van der Waals surface area contributed by atoms with E-state index in [-0.39, 0.29) is 40.2 Å². The van der Waals surface area contributed by atoms with Gasteiger partial charge in [-0.1, -0.05) is 18.5 Å². The Labute approximate surface area is 245 Å². The Bertz CT molecular complexity index is 1580. The Morgan fingerprint density at radius 1 is 0.905 bits per heavy atom. The van der Waals surface area contributed by atoms with Crippen molar-refractivity contribution < 1.29 is 49.5 Å². The minimum absolute atomic E-state index is 0.0995. The van der Waals surface area contributed by atoms with E-state index in [1.54, 1.807) is 18.4 Å². The van der Waals surface area contributed by atoms with Crippen LogP contribution in [0.3, 0.4) is 0 Å². The lowest BCUT2D eigenvalue weighted by molar-refractivity contribution is -0.143. The quantitative estimate of drug-likeness (QED) is 0.134. The first-order chi connectivity index (χ1) is 19.4. The van der Waals surface area contributed by atoms with Gasteiger partial charge in [-0.15, -0.1) is 11.8 Å². The molecule has 0 aliphatic carbocycles. The number of carbonyl (C=O) groups is 2. The summed E-state index contributed by atoms with van der Waals surface area (Å²) in [6, 6.07) is 7.84. The van der Waals surface area contributed by atoms with Gasteiger partial charge in [-0.25, -0.2) is 8.42 Å². The average Bonchev–Trinajstić information content (AvgIpc) is 2.90. The van der Waals surface area contributed by atoms with Crippen molar-refractivity contribution in [2.75, 3.05) is 16.9 Å². The average molecular weight is 655 g/mol. The molecule has 2 amide bonds. The van der Waals surface area contributed by atoms with Gasteiger partial charge in [0.05, 0.1) is 32.4 Å². The van der Waals surface area contributed by atoms with Crippen LogP contribution in [-0.4, -0.2) is 36.8 Å². The molecule has 0 saturated heterocycles. The van der Waals surface area contributed by atoms with Gasteiger partial charge in [0.2, 0.25) is 5.91 Å². The van der Waals surface area contributed by atoms with Crippen LogP contribution in [0.2, 0.25) is 5.02 Å². The lowest BCUT2D eigenvalue weighted by Gasteiger charge is -2.18. The molecule has 0 saturated carbocycles. The first kappa shape index (κ1) is 33.1. The Hall–Kier alpha value is -3.43. The second-order valence-corrected chi connectivity index (χ2v) is 12.1.